The third kappa shape index (κ3) is 43.3. The number of hydrogen-bond donors (Lipinski definition) is 0. The molecule has 0 aliphatic heterocycles. The Morgan fingerprint density at radius 1 is 0.562 bits per heavy atom. The molecule has 3 heteroatoms. The molecule has 183 valence electrons. The molecule has 0 atom stereocenters. The van der Waals surface area contributed by atoms with E-state index >= 15 is 0 Å². The smallest absolute Gasteiger partial charge is 0.0267 e. The fraction of sp³-hybridized carbons (Fsp3) is 0.586. The predicted molar refractivity (Wildman–Crippen MR) is 142 cm³/mol. The van der Waals surface area contributed by atoms with Gasteiger partial charge in [0, 0.05) is 57.5 Å². The number of hydrogen-bond acceptors (Lipinski definition) is 2. The molecule has 0 unspecified atom stereocenters. The molecule has 2 rings (SSSR count). The van der Waals surface area contributed by atoms with E-state index in [9.17, 15) is 0 Å². The van der Waals surface area contributed by atoms with E-state index in [1.807, 2.05) is 36.4 Å². The molecule has 0 aliphatic carbocycles. The molecule has 2 heterocycles. The summed E-state index contributed by atoms with van der Waals surface area (Å²) in [6.07, 6.45) is 17.6. The van der Waals surface area contributed by atoms with Gasteiger partial charge in [-0.3, -0.25) is 9.97 Å². The minimum absolute atomic E-state index is 0. The minimum Gasteiger partial charge on any atom is -0.338 e. The molecule has 0 bridgehead atoms. The third-order valence-electron chi connectivity index (χ3n) is 4.05. The summed E-state index contributed by atoms with van der Waals surface area (Å²) in [6, 6.07) is 11.4. The average Bonchev–Trinajstić information content (AvgIpc) is 2.71. The molecule has 0 aromatic carbocycles. The number of unbranched alkanes of at least 4 members (excludes halogenated alkanes) is 4. The van der Waals surface area contributed by atoms with Crippen LogP contribution in [-0.2, 0) is 32.7 Å². The topological polar surface area (TPSA) is 25.8 Å². The molecule has 1 radical (unpaired) electrons. The van der Waals surface area contributed by atoms with E-state index in [4.69, 9.17) is 0 Å². The van der Waals surface area contributed by atoms with Gasteiger partial charge in [-0.2, -0.15) is 10.8 Å². The summed E-state index contributed by atoms with van der Waals surface area (Å²) in [6.45, 7) is 21.3. The summed E-state index contributed by atoms with van der Waals surface area (Å²) < 4.78 is 0. The van der Waals surface area contributed by atoms with Gasteiger partial charge in [0.1, 0.15) is 0 Å². The van der Waals surface area contributed by atoms with Gasteiger partial charge in [-0.25, -0.2) is 0 Å². The Kier molecular flexibility index (Phi) is 32.2. The van der Waals surface area contributed by atoms with Crippen LogP contribution in [0.5, 0.6) is 0 Å². The molecular weight excluding hydrogens is 465 g/mol. The zero-order chi connectivity index (χ0) is 23.1. The Hall–Kier alpha value is -0.596. The van der Waals surface area contributed by atoms with E-state index in [2.05, 4.69) is 65.4 Å². The average molecular weight is 518 g/mol. The van der Waals surface area contributed by atoms with Crippen LogP contribution in [0.2, 0.25) is 0 Å². The molecule has 0 saturated heterocycles. The summed E-state index contributed by atoms with van der Waals surface area (Å²) in [5, 5.41) is 0. The van der Waals surface area contributed by atoms with Gasteiger partial charge in [0.25, 0.3) is 0 Å². The molecule has 2 aromatic rings. The first-order chi connectivity index (χ1) is 14.1. The monoisotopic (exact) mass is 517 g/mol. The minimum atomic E-state index is 0. The first-order valence-electron chi connectivity index (χ1n) is 11.5. The zero-order valence-corrected chi connectivity index (χ0v) is 24.2. The van der Waals surface area contributed by atoms with Gasteiger partial charge in [0.2, 0.25) is 0 Å². The largest absolute Gasteiger partial charge is 0.338 e. The van der Waals surface area contributed by atoms with E-state index in [0.717, 1.165) is 0 Å². The van der Waals surface area contributed by atoms with Crippen molar-refractivity contribution in [3.05, 3.63) is 75.0 Å². The Balaban J connectivity index is -0.000000162. The number of pyridine rings is 2. The van der Waals surface area contributed by atoms with Crippen LogP contribution in [-0.4, -0.2) is 9.97 Å². The van der Waals surface area contributed by atoms with Crippen molar-refractivity contribution in [2.45, 2.75) is 100 Å². The number of nitrogens with zero attached hydrogens (tertiary/aromatic N) is 2. The van der Waals surface area contributed by atoms with E-state index in [1.165, 1.54) is 51.4 Å². The molecule has 0 spiro atoms. The van der Waals surface area contributed by atoms with Crippen molar-refractivity contribution in [2.24, 2.45) is 10.8 Å². The van der Waals surface area contributed by atoms with E-state index in [0.29, 0.717) is 10.8 Å². The van der Waals surface area contributed by atoms with E-state index in [-0.39, 0.29) is 40.1 Å². The van der Waals surface area contributed by atoms with Gasteiger partial charge < -0.3 is 13.8 Å². The second-order valence-electron chi connectivity index (χ2n) is 9.29. The summed E-state index contributed by atoms with van der Waals surface area (Å²) >= 11 is 0. The molecule has 0 aliphatic rings. The maximum atomic E-state index is 4.04. The molecule has 0 N–H and O–H groups in total. The zero-order valence-electron chi connectivity index (χ0n) is 21.3. The second kappa shape index (κ2) is 26.7. The van der Waals surface area contributed by atoms with E-state index < -0.39 is 0 Å². The summed E-state index contributed by atoms with van der Waals surface area (Å²) in [7, 11) is 0. The fourth-order valence-electron chi connectivity index (χ4n) is 2.33. The van der Waals surface area contributed by atoms with Crippen molar-refractivity contribution in [3.8, 4) is 0 Å². The van der Waals surface area contributed by atoms with Gasteiger partial charge in [-0.15, -0.1) is 0 Å². The van der Waals surface area contributed by atoms with Crippen LogP contribution in [0.4, 0.5) is 0 Å². The van der Waals surface area contributed by atoms with Crippen LogP contribution in [0.3, 0.4) is 0 Å². The predicted octanol–water partition coefficient (Wildman–Crippen LogP) is 9.65. The Morgan fingerprint density at radius 3 is 0.969 bits per heavy atom. The summed E-state index contributed by atoms with van der Waals surface area (Å²) in [5.74, 6) is 0. The van der Waals surface area contributed by atoms with Crippen LogP contribution < -0.4 is 0 Å². The first-order valence-corrected chi connectivity index (χ1v) is 11.5. The van der Waals surface area contributed by atoms with Gasteiger partial charge in [-0.1, -0.05) is 112 Å². The van der Waals surface area contributed by atoms with Crippen LogP contribution in [0.25, 0.3) is 0 Å². The molecule has 32 heavy (non-hydrogen) atoms. The quantitative estimate of drug-likeness (QED) is 0.257. The molecular formula is C29H52N2Y-2. The molecule has 2 aromatic heterocycles. The summed E-state index contributed by atoms with van der Waals surface area (Å²) in [5.41, 5.74) is 0.602. The van der Waals surface area contributed by atoms with Crippen molar-refractivity contribution in [1.82, 2.24) is 9.97 Å². The van der Waals surface area contributed by atoms with E-state index in [1.54, 1.807) is 24.8 Å². The van der Waals surface area contributed by atoms with Gasteiger partial charge in [0.05, 0.1) is 0 Å². The maximum Gasteiger partial charge on any atom is 0.0267 e. The maximum absolute atomic E-state index is 4.04. The SMILES string of the molecule is C.[CH2-]C(C)(C)CCCCC.[CH2-]C(C)(C)CCCCC.[Y].c1ccncc1.c1ccncc1. The standard InChI is InChI=1S/2C9H19.2C5H5N.CH4.Y/c2*1-5-6-7-8-9(2,3)4;2*1-2-4-6-5-3-1;;/h2*2,5-8H2,1,3-4H3;2*1-5H;1H4;/q2*-1;;;;. The number of rotatable bonds is 8. The van der Waals surface area contributed by atoms with Gasteiger partial charge >= 0.3 is 0 Å². The van der Waals surface area contributed by atoms with Crippen LogP contribution in [0.15, 0.2) is 61.2 Å². The molecule has 0 fully saturated rings. The first kappa shape index (κ1) is 38.7. The molecule has 2 nitrogen and oxygen atoms in total. The van der Waals surface area contributed by atoms with Gasteiger partial charge in [-0.05, 0) is 24.3 Å². The Bertz CT molecular complexity index is 426. The van der Waals surface area contributed by atoms with Crippen molar-refractivity contribution < 1.29 is 32.7 Å². The van der Waals surface area contributed by atoms with Crippen molar-refractivity contribution in [1.29, 1.82) is 0 Å². The second-order valence-corrected chi connectivity index (χ2v) is 9.29. The van der Waals surface area contributed by atoms with Crippen LogP contribution in [0, 0.1) is 24.7 Å². The third-order valence-corrected chi connectivity index (χ3v) is 4.05. The van der Waals surface area contributed by atoms with Crippen molar-refractivity contribution in [2.75, 3.05) is 0 Å². The van der Waals surface area contributed by atoms with Crippen molar-refractivity contribution >= 4 is 0 Å². The normalized spacial score (nSPS) is 9.75. The van der Waals surface area contributed by atoms with Gasteiger partial charge in [0.15, 0.2) is 0 Å². The Labute approximate surface area is 227 Å². The van der Waals surface area contributed by atoms with Crippen LogP contribution in [0.1, 0.15) is 100 Å². The van der Waals surface area contributed by atoms with Crippen LogP contribution >= 0.6 is 0 Å². The van der Waals surface area contributed by atoms with Crippen molar-refractivity contribution in [3.63, 3.8) is 0 Å². The fourth-order valence-corrected chi connectivity index (χ4v) is 2.33. The molecule has 0 amide bonds. The summed E-state index contributed by atoms with van der Waals surface area (Å²) in [4.78, 5) is 7.57. The Morgan fingerprint density at radius 2 is 0.844 bits per heavy atom. The number of aromatic nitrogens is 2. The molecule has 0 saturated carbocycles.